The smallest absolute Gasteiger partial charge is 0.182 e. The van der Waals surface area contributed by atoms with Gasteiger partial charge in [0.2, 0.25) is 0 Å². The number of nitrogens with zero attached hydrogens (tertiary/aromatic N) is 16. The third kappa shape index (κ3) is 18.2. The number of hydrogen-bond acceptors (Lipinski definition) is 16. The van der Waals surface area contributed by atoms with Crippen molar-refractivity contribution in [1.82, 2.24) is 79.7 Å². The molecular weight excluding hydrogens is 1760 g/mol. The summed E-state index contributed by atoms with van der Waals surface area (Å²) in [5.74, 6) is 5.08. The summed E-state index contributed by atoms with van der Waals surface area (Å²) in [6.07, 6.45) is 10.5. The number of pyridine rings is 7. The number of fused-ring (bicyclic) bond motifs is 9. The van der Waals surface area contributed by atoms with E-state index in [4.69, 9.17) is 59.8 Å². The lowest BCUT2D eigenvalue weighted by molar-refractivity contribution is 1.05. The van der Waals surface area contributed by atoms with Gasteiger partial charge in [-0.05, 0) is 185 Å². The average molecular weight is 1840 g/mol. The lowest BCUT2D eigenvalue weighted by atomic mass is 9.94. The minimum absolute atomic E-state index is 0.497. The fourth-order valence-electron chi connectivity index (χ4n) is 18.5. The van der Waals surface area contributed by atoms with Crippen LogP contribution in [0.2, 0.25) is 0 Å². The van der Waals surface area contributed by atoms with Crippen molar-refractivity contribution in [2.45, 2.75) is 0 Å². The predicted octanol–water partition coefficient (Wildman–Crippen LogP) is 30.6. The topological polar surface area (TPSA) is 206 Å². The molecule has 10 aromatic heterocycles. The molecule has 10 heterocycles. The summed E-state index contributed by atoms with van der Waals surface area (Å²) in [6, 6.07) is 158. The molecule has 0 atom stereocenters. The Bertz CT molecular complexity index is 8650. The normalized spacial score (nSPS) is 11.2. The fourth-order valence-corrected chi connectivity index (χ4v) is 18.5. The van der Waals surface area contributed by atoms with Crippen LogP contribution >= 0.6 is 0 Å². The van der Waals surface area contributed by atoms with Gasteiger partial charge < -0.3 is 0 Å². The van der Waals surface area contributed by atoms with Crippen molar-refractivity contribution < 1.29 is 0 Å². The third-order valence-electron chi connectivity index (χ3n) is 25.7. The van der Waals surface area contributed by atoms with Gasteiger partial charge in [0.15, 0.2) is 52.4 Å². The van der Waals surface area contributed by atoms with Crippen molar-refractivity contribution in [2.75, 3.05) is 0 Å². The molecule has 0 aliphatic rings. The molecule has 16 nitrogen and oxygen atoms in total. The summed E-state index contributed by atoms with van der Waals surface area (Å²) in [4.78, 5) is 76.9. The lowest BCUT2D eigenvalue weighted by Gasteiger charge is -2.13. The van der Waals surface area contributed by atoms with Gasteiger partial charge in [0.25, 0.3) is 0 Å². The quantitative estimate of drug-likeness (QED) is 0.0777. The van der Waals surface area contributed by atoms with Crippen LogP contribution < -0.4 is 0 Å². The first kappa shape index (κ1) is 87.0. The largest absolute Gasteiger partial charge is 0.264 e. The van der Waals surface area contributed by atoms with Crippen LogP contribution in [0.15, 0.2) is 498 Å². The van der Waals surface area contributed by atoms with Crippen molar-refractivity contribution in [3.8, 4) is 192 Å². The maximum atomic E-state index is 5.22. The second-order valence-corrected chi connectivity index (χ2v) is 34.8. The molecular formula is C128H82N16. The molecule has 0 amide bonds. The molecule has 0 aliphatic carbocycles. The van der Waals surface area contributed by atoms with Gasteiger partial charge in [-0.25, -0.2) is 59.8 Å². The van der Waals surface area contributed by atoms with Crippen LogP contribution in [-0.2, 0) is 0 Å². The van der Waals surface area contributed by atoms with Crippen molar-refractivity contribution in [2.24, 2.45) is 0 Å². The molecule has 16 aromatic carbocycles. The van der Waals surface area contributed by atoms with E-state index in [1.807, 2.05) is 109 Å². The summed E-state index contributed by atoms with van der Waals surface area (Å²) < 4.78 is 0. The van der Waals surface area contributed by atoms with Gasteiger partial charge in [-0.2, -0.15) is 0 Å². The average Bonchev–Trinajstić information content (AvgIpc) is 0.759. The predicted molar refractivity (Wildman–Crippen MR) is 581 cm³/mol. The standard InChI is InChI=1S/C52H34N4.2C38H24N6/c1-4-14-35(15-5-1)41-21-12-23-43(32-41)51-54-50(55-52(56-51)44-24-13-22-42(33-44)36-16-6-2-7-17-36)40-28-26-39(27-29-40)48-34-46(37-18-8-3-9-19-37)49-45-25-11-10-20-38(45)30-31-47(49)53-48;1-2-10-25(11-3-1)30-24-34(41-31-21-20-26-12-4-5-13-29(26)35(30)31)27-16-18-28(19-17-27)36-42-37(32-14-6-8-22-39-32)44-38(43-36)33-15-7-9-23-40-33;1-2-8-25(9-3-1)32-22-34(41-33-19-18-26-10-4-5-13-31(26)35(32)33)27-14-16-28(17-15-27)36-42-37(29-11-6-20-39-23-29)44-38(43-36)30-12-7-21-40-24-30/h1-34H;2*1-24H. The summed E-state index contributed by atoms with van der Waals surface area (Å²) in [7, 11) is 0. The van der Waals surface area contributed by atoms with E-state index < -0.39 is 0 Å². The maximum Gasteiger partial charge on any atom is 0.182 e. The molecule has 0 fully saturated rings. The molecule has 144 heavy (non-hydrogen) atoms. The molecule has 0 radical (unpaired) electrons. The van der Waals surface area contributed by atoms with Crippen LogP contribution in [0, 0.1) is 0 Å². The summed E-state index contributed by atoms with van der Waals surface area (Å²) in [5, 5.41) is 10.7. The number of rotatable bonds is 17. The van der Waals surface area contributed by atoms with Crippen LogP contribution in [0.3, 0.4) is 0 Å². The Hall–Kier alpha value is -19.8. The van der Waals surface area contributed by atoms with E-state index in [0.29, 0.717) is 63.8 Å². The molecule has 26 rings (SSSR count). The fraction of sp³-hybridized carbons (Fsp3) is 0. The van der Waals surface area contributed by atoms with E-state index in [2.05, 4.69) is 372 Å². The highest BCUT2D eigenvalue weighted by Gasteiger charge is 2.23. The van der Waals surface area contributed by atoms with Crippen molar-refractivity contribution in [3.63, 3.8) is 0 Å². The van der Waals surface area contributed by atoms with E-state index in [-0.39, 0.29) is 0 Å². The summed E-state index contributed by atoms with van der Waals surface area (Å²) >= 11 is 0. The summed E-state index contributed by atoms with van der Waals surface area (Å²) in [6.45, 7) is 0. The first-order chi connectivity index (χ1) is 71.3. The monoisotopic (exact) mass is 1840 g/mol. The lowest BCUT2D eigenvalue weighted by Crippen LogP contribution is -2.01. The minimum Gasteiger partial charge on any atom is -0.264 e. The second-order valence-electron chi connectivity index (χ2n) is 34.8. The summed E-state index contributed by atoms with van der Waals surface area (Å²) in [5.41, 5.74) is 27.5. The molecule has 674 valence electrons. The highest BCUT2D eigenvalue weighted by Crippen LogP contribution is 2.43. The van der Waals surface area contributed by atoms with E-state index >= 15 is 0 Å². The van der Waals surface area contributed by atoms with Gasteiger partial charge in [-0.3, -0.25) is 19.9 Å². The van der Waals surface area contributed by atoms with Gasteiger partial charge >= 0.3 is 0 Å². The van der Waals surface area contributed by atoms with Crippen molar-refractivity contribution >= 4 is 65.0 Å². The Labute approximate surface area is 829 Å². The van der Waals surface area contributed by atoms with Crippen molar-refractivity contribution in [3.05, 3.63) is 498 Å². The van der Waals surface area contributed by atoms with Gasteiger partial charge in [0.1, 0.15) is 11.4 Å². The van der Waals surface area contributed by atoms with Crippen LogP contribution in [-0.4, -0.2) is 79.7 Å². The first-order valence-corrected chi connectivity index (χ1v) is 47.5. The van der Waals surface area contributed by atoms with Gasteiger partial charge in [0.05, 0.1) is 33.6 Å². The highest BCUT2D eigenvalue weighted by molar-refractivity contribution is 6.16. The molecule has 0 aliphatic heterocycles. The molecule has 0 saturated carbocycles. The Balaban J connectivity index is 0.000000117. The van der Waals surface area contributed by atoms with Crippen LogP contribution in [0.1, 0.15) is 0 Å². The van der Waals surface area contributed by atoms with Crippen LogP contribution in [0.25, 0.3) is 257 Å². The molecule has 0 bridgehead atoms. The number of benzene rings is 16. The van der Waals surface area contributed by atoms with Gasteiger partial charge in [-0.15, -0.1) is 0 Å². The maximum absolute atomic E-state index is 5.22. The van der Waals surface area contributed by atoms with Crippen LogP contribution in [0.5, 0.6) is 0 Å². The first-order valence-electron chi connectivity index (χ1n) is 47.5. The van der Waals surface area contributed by atoms with Crippen molar-refractivity contribution in [1.29, 1.82) is 0 Å². The zero-order chi connectivity index (χ0) is 95.9. The molecule has 16 heteroatoms. The molecule has 26 aromatic rings. The number of hydrogen-bond donors (Lipinski definition) is 0. The SMILES string of the molecule is c1ccc(-c2cc(-c3ccc(-c4nc(-c5ccccn5)nc(-c5ccccn5)n4)cc3)nc3ccc4ccccc4c23)cc1.c1ccc(-c2cc(-c3ccc(-c4nc(-c5cccnc5)nc(-c5cccnc5)n4)cc3)nc3ccc4ccccc4c23)cc1.c1ccc(-c2cccc(-c3nc(-c4ccc(-c5cc(-c6ccccc6)c6c(ccc7ccccc76)n5)cc4)nc(-c4cccc(-c5ccccc5)c4)n3)c2)cc1. The third-order valence-corrected chi connectivity index (χ3v) is 25.7. The molecule has 0 spiro atoms. The molecule has 0 saturated heterocycles. The molecule has 0 unspecified atom stereocenters. The number of aromatic nitrogens is 16. The second kappa shape index (κ2) is 39.3. The Morgan fingerprint density at radius 2 is 0.389 bits per heavy atom. The highest BCUT2D eigenvalue weighted by atomic mass is 15.1. The van der Waals surface area contributed by atoms with E-state index in [0.717, 1.165) is 161 Å². The van der Waals surface area contributed by atoms with Crippen LogP contribution in [0.4, 0.5) is 0 Å². The molecule has 0 N–H and O–H groups in total. The minimum atomic E-state index is 0.497. The van der Waals surface area contributed by atoms with Gasteiger partial charge in [-0.1, -0.05) is 364 Å². The Kier molecular flexibility index (Phi) is 23.8. The van der Waals surface area contributed by atoms with E-state index in [1.165, 1.54) is 32.3 Å². The van der Waals surface area contributed by atoms with E-state index in [9.17, 15) is 0 Å². The van der Waals surface area contributed by atoms with Gasteiger partial charge in [0, 0.05) is 109 Å². The Morgan fingerprint density at radius 1 is 0.132 bits per heavy atom. The zero-order valence-electron chi connectivity index (χ0n) is 77.5. The zero-order valence-corrected chi connectivity index (χ0v) is 77.5. The Morgan fingerprint density at radius 3 is 0.701 bits per heavy atom. The van der Waals surface area contributed by atoms with E-state index in [1.54, 1.807) is 37.2 Å².